The van der Waals surface area contributed by atoms with Gasteiger partial charge in [-0.05, 0) is 55.3 Å². The van der Waals surface area contributed by atoms with Gasteiger partial charge in [0.2, 0.25) is 0 Å². The molecule has 29 heavy (non-hydrogen) atoms. The van der Waals surface area contributed by atoms with Crippen molar-refractivity contribution in [1.82, 2.24) is 0 Å². The van der Waals surface area contributed by atoms with Crippen molar-refractivity contribution >= 4 is 23.2 Å². The number of hydrogen-bond acceptors (Lipinski definition) is 4. The van der Waals surface area contributed by atoms with Gasteiger partial charge in [0, 0.05) is 23.5 Å². The van der Waals surface area contributed by atoms with Crippen molar-refractivity contribution in [1.29, 1.82) is 0 Å². The third-order valence-corrected chi connectivity index (χ3v) is 4.13. The summed E-state index contributed by atoms with van der Waals surface area (Å²) >= 11 is 0. The second kappa shape index (κ2) is 8.95. The Morgan fingerprint density at radius 3 is 2.48 bits per heavy atom. The van der Waals surface area contributed by atoms with Crippen LogP contribution >= 0.6 is 0 Å². The molecule has 2 amide bonds. The summed E-state index contributed by atoms with van der Waals surface area (Å²) in [6.07, 6.45) is -3.41. The fourth-order valence-corrected chi connectivity index (χ4v) is 2.75. The van der Waals surface area contributed by atoms with E-state index in [9.17, 15) is 22.8 Å². The molecular weight excluding hydrogens is 389 g/mol. The monoisotopic (exact) mass is 408 g/mol. The van der Waals surface area contributed by atoms with E-state index >= 15 is 0 Å². The first-order valence-electron chi connectivity index (χ1n) is 8.94. The van der Waals surface area contributed by atoms with Crippen LogP contribution in [0.15, 0.2) is 48.5 Å². The maximum absolute atomic E-state index is 12.4. The van der Waals surface area contributed by atoms with Crippen molar-refractivity contribution in [2.75, 3.05) is 23.8 Å². The van der Waals surface area contributed by atoms with E-state index in [1.807, 2.05) is 0 Å². The van der Waals surface area contributed by atoms with Crippen LogP contribution < -0.4 is 15.4 Å². The number of rotatable bonds is 6. The minimum atomic E-state index is -4.42. The third kappa shape index (κ3) is 6.21. The quantitative estimate of drug-likeness (QED) is 0.758. The van der Waals surface area contributed by atoms with Crippen LogP contribution in [-0.2, 0) is 9.53 Å². The average molecular weight is 408 g/mol. The molecule has 0 saturated carbocycles. The van der Waals surface area contributed by atoms with Crippen molar-refractivity contribution < 1.29 is 32.2 Å². The van der Waals surface area contributed by atoms with Crippen LogP contribution in [0.2, 0.25) is 0 Å². The van der Waals surface area contributed by atoms with Gasteiger partial charge in [0.25, 0.3) is 11.8 Å². The summed E-state index contributed by atoms with van der Waals surface area (Å²) in [4.78, 5) is 24.5. The Hall–Kier alpha value is -3.07. The first kappa shape index (κ1) is 20.7. The van der Waals surface area contributed by atoms with Gasteiger partial charge < -0.3 is 20.1 Å². The fourth-order valence-electron chi connectivity index (χ4n) is 2.75. The van der Waals surface area contributed by atoms with Gasteiger partial charge in [-0.25, -0.2) is 0 Å². The highest BCUT2D eigenvalue weighted by Crippen LogP contribution is 2.21. The summed E-state index contributed by atoms with van der Waals surface area (Å²) in [5, 5.41) is 5.36. The second-order valence-electron chi connectivity index (χ2n) is 6.45. The highest BCUT2D eigenvalue weighted by atomic mass is 19.4. The fraction of sp³-hybridized carbons (Fsp3) is 0.300. The maximum Gasteiger partial charge on any atom is 0.422 e. The molecule has 1 atom stereocenters. The van der Waals surface area contributed by atoms with E-state index in [1.54, 1.807) is 18.2 Å². The van der Waals surface area contributed by atoms with Gasteiger partial charge in [-0.3, -0.25) is 9.59 Å². The molecule has 0 aliphatic carbocycles. The topological polar surface area (TPSA) is 76.7 Å². The molecule has 0 radical (unpaired) electrons. The first-order chi connectivity index (χ1) is 13.8. The number of amides is 2. The SMILES string of the molecule is O=C(Nc1ccc(OCC(F)(F)F)cc1)c1cccc(NC(=O)[C@@H]2CCCO2)c1. The molecule has 6 nitrogen and oxygen atoms in total. The van der Waals surface area contributed by atoms with E-state index in [0.717, 1.165) is 6.42 Å². The van der Waals surface area contributed by atoms with Gasteiger partial charge in [-0.2, -0.15) is 13.2 Å². The average Bonchev–Trinajstić information content (AvgIpc) is 3.22. The van der Waals surface area contributed by atoms with E-state index in [-0.39, 0.29) is 11.7 Å². The molecule has 1 saturated heterocycles. The first-order valence-corrected chi connectivity index (χ1v) is 8.94. The molecule has 2 aromatic carbocycles. The number of ether oxygens (including phenoxy) is 2. The van der Waals surface area contributed by atoms with Crippen molar-refractivity contribution in [2.45, 2.75) is 25.1 Å². The predicted molar refractivity (Wildman–Crippen MR) is 100.0 cm³/mol. The lowest BCUT2D eigenvalue weighted by Gasteiger charge is -2.12. The van der Waals surface area contributed by atoms with Crippen LogP contribution in [0.1, 0.15) is 23.2 Å². The number of carbonyl (C=O) groups is 2. The molecule has 9 heteroatoms. The highest BCUT2D eigenvalue weighted by Gasteiger charge is 2.28. The molecule has 0 unspecified atom stereocenters. The Labute approximate surface area is 165 Å². The summed E-state index contributed by atoms with van der Waals surface area (Å²) in [5.74, 6) is -0.643. The number of nitrogens with one attached hydrogen (secondary N) is 2. The Bertz CT molecular complexity index is 863. The molecule has 1 aliphatic heterocycles. The zero-order valence-electron chi connectivity index (χ0n) is 15.3. The van der Waals surface area contributed by atoms with Crippen LogP contribution in [0.3, 0.4) is 0 Å². The minimum absolute atomic E-state index is 0.0409. The highest BCUT2D eigenvalue weighted by molar-refractivity contribution is 6.05. The van der Waals surface area contributed by atoms with E-state index < -0.39 is 24.8 Å². The molecule has 0 spiro atoms. The zero-order valence-corrected chi connectivity index (χ0v) is 15.3. The summed E-state index contributed by atoms with van der Waals surface area (Å²) in [7, 11) is 0. The Balaban J connectivity index is 1.58. The standard InChI is InChI=1S/C20H19F3N2O4/c21-20(22,23)12-29-16-8-6-14(7-9-16)24-18(26)13-3-1-4-15(11-13)25-19(27)17-5-2-10-28-17/h1,3-4,6-9,11,17H,2,5,10,12H2,(H,24,26)(H,25,27)/t17-/m0/s1. The molecule has 0 bridgehead atoms. The van der Waals surface area contributed by atoms with Gasteiger partial charge in [-0.15, -0.1) is 0 Å². The van der Waals surface area contributed by atoms with Gasteiger partial charge >= 0.3 is 6.18 Å². The van der Waals surface area contributed by atoms with Crippen molar-refractivity contribution in [2.24, 2.45) is 0 Å². The maximum atomic E-state index is 12.4. The Morgan fingerprint density at radius 2 is 1.83 bits per heavy atom. The minimum Gasteiger partial charge on any atom is -0.484 e. The van der Waals surface area contributed by atoms with Crippen LogP contribution in [0, 0.1) is 0 Å². The van der Waals surface area contributed by atoms with Gasteiger partial charge in [0.05, 0.1) is 0 Å². The van der Waals surface area contributed by atoms with Crippen LogP contribution in [-0.4, -0.2) is 37.3 Å². The smallest absolute Gasteiger partial charge is 0.422 e. The number of hydrogen-bond donors (Lipinski definition) is 2. The number of anilines is 2. The molecule has 1 aliphatic rings. The van der Waals surface area contributed by atoms with E-state index in [1.165, 1.54) is 30.3 Å². The summed E-state index contributed by atoms with van der Waals surface area (Å²) < 4.78 is 46.4. The van der Waals surface area contributed by atoms with Crippen LogP contribution in [0.25, 0.3) is 0 Å². The largest absolute Gasteiger partial charge is 0.484 e. The van der Waals surface area contributed by atoms with E-state index in [0.29, 0.717) is 30.0 Å². The summed E-state index contributed by atoms with van der Waals surface area (Å²) in [5.41, 5.74) is 1.17. The summed E-state index contributed by atoms with van der Waals surface area (Å²) in [6, 6.07) is 11.9. The molecule has 1 heterocycles. The molecule has 0 aromatic heterocycles. The van der Waals surface area contributed by atoms with Crippen molar-refractivity contribution in [3.63, 3.8) is 0 Å². The number of benzene rings is 2. The lowest BCUT2D eigenvalue weighted by Crippen LogP contribution is -2.27. The number of carbonyl (C=O) groups excluding carboxylic acids is 2. The van der Waals surface area contributed by atoms with Crippen molar-refractivity contribution in [3.8, 4) is 5.75 Å². The van der Waals surface area contributed by atoms with Gasteiger partial charge in [0.15, 0.2) is 6.61 Å². The van der Waals surface area contributed by atoms with Crippen LogP contribution in [0.4, 0.5) is 24.5 Å². The molecule has 3 rings (SSSR count). The van der Waals surface area contributed by atoms with Crippen molar-refractivity contribution in [3.05, 3.63) is 54.1 Å². The predicted octanol–water partition coefficient (Wildman–Crippen LogP) is 4.00. The lowest BCUT2D eigenvalue weighted by atomic mass is 10.1. The molecule has 1 fully saturated rings. The molecule has 154 valence electrons. The Kier molecular flexibility index (Phi) is 6.38. The Morgan fingerprint density at radius 1 is 1.07 bits per heavy atom. The third-order valence-electron chi connectivity index (χ3n) is 4.13. The summed E-state index contributed by atoms with van der Waals surface area (Å²) in [6.45, 7) is -0.830. The number of alkyl halides is 3. The second-order valence-corrected chi connectivity index (χ2v) is 6.45. The van der Waals surface area contributed by atoms with Crippen LogP contribution in [0.5, 0.6) is 5.75 Å². The molecule has 2 N–H and O–H groups in total. The number of halogens is 3. The van der Waals surface area contributed by atoms with Gasteiger partial charge in [0.1, 0.15) is 11.9 Å². The molecular formula is C20H19F3N2O4. The normalized spacial score (nSPS) is 16.3. The van der Waals surface area contributed by atoms with Gasteiger partial charge in [-0.1, -0.05) is 6.07 Å². The van der Waals surface area contributed by atoms with E-state index in [2.05, 4.69) is 15.4 Å². The molecule has 2 aromatic rings. The van der Waals surface area contributed by atoms with E-state index in [4.69, 9.17) is 4.74 Å². The zero-order chi connectivity index (χ0) is 20.9. The lowest BCUT2D eigenvalue weighted by molar-refractivity contribution is -0.153.